The van der Waals surface area contributed by atoms with E-state index in [9.17, 15) is 17.6 Å². The summed E-state index contributed by atoms with van der Waals surface area (Å²) in [5.74, 6) is -0.525. The molecule has 2 aromatic rings. The first-order chi connectivity index (χ1) is 13.6. The van der Waals surface area contributed by atoms with Gasteiger partial charge in [-0.3, -0.25) is 9.10 Å². The van der Waals surface area contributed by atoms with Gasteiger partial charge >= 0.3 is 0 Å². The van der Waals surface area contributed by atoms with E-state index in [2.05, 4.69) is 5.32 Å². The summed E-state index contributed by atoms with van der Waals surface area (Å²) in [5, 5.41) is 2.74. The van der Waals surface area contributed by atoms with Gasteiger partial charge in [-0.25, -0.2) is 12.8 Å². The molecular weight excluding hydrogens is 399 g/mol. The van der Waals surface area contributed by atoms with Crippen LogP contribution in [0.4, 0.5) is 10.1 Å². The van der Waals surface area contributed by atoms with Crippen molar-refractivity contribution in [1.82, 2.24) is 5.32 Å². The third kappa shape index (κ3) is 5.38. The van der Waals surface area contributed by atoms with Crippen LogP contribution in [0.25, 0.3) is 0 Å². The molecule has 29 heavy (non-hydrogen) atoms. The van der Waals surface area contributed by atoms with Crippen LogP contribution in [0.2, 0.25) is 0 Å². The topological polar surface area (TPSA) is 84.9 Å². The van der Waals surface area contributed by atoms with E-state index in [1.165, 1.54) is 44.6 Å². The second-order valence-corrected chi connectivity index (χ2v) is 8.62. The number of halogens is 1. The molecule has 7 nitrogen and oxygen atoms in total. The maximum Gasteiger partial charge on any atom is 0.253 e. The standard InChI is InChI=1S/C20H25FN2O5S/c1-13(2)22-20(24)15-10-18(27-3)19(28-4)11-17(15)23(29(5,25)26)12-14-8-6-7-9-16(14)21/h6-11,13H,12H2,1-5H3,(H,22,24). The first-order valence-corrected chi connectivity index (χ1v) is 10.7. The number of carbonyl (C=O) groups is 1. The Kier molecular flexibility index (Phi) is 7.07. The van der Waals surface area contributed by atoms with Crippen molar-refractivity contribution in [2.24, 2.45) is 0 Å². The van der Waals surface area contributed by atoms with Gasteiger partial charge in [0.05, 0.1) is 38.3 Å². The average molecular weight is 424 g/mol. The quantitative estimate of drug-likeness (QED) is 0.704. The number of hydrogen-bond acceptors (Lipinski definition) is 5. The van der Waals surface area contributed by atoms with Crippen LogP contribution in [0, 0.1) is 5.82 Å². The molecule has 0 fully saturated rings. The Morgan fingerprint density at radius 2 is 1.72 bits per heavy atom. The molecule has 0 unspecified atom stereocenters. The molecule has 1 amide bonds. The zero-order valence-corrected chi connectivity index (χ0v) is 17.8. The first-order valence-electron chi connectivity index (χ1n) is 8.86. The molecule has 0 aromatic heterocycles. The molecule has 2 aromatic carbocycles. The summed E-state index contributed by atoms with van der Waals surface area (Å²) < 4.78 is 50.9. The van der Waals surface area contributed by atoms with E-state index in [1.54, 1.807) is 19.9 Å². The Balaban J connectivity index is 2.70. The number of methoxy groups -OCH3 is 2. The van der Waals surface area contributed by atoms with Gasteiger partial charge in [-0.2, -0.15) is 0 Å². The first kappa shape index (κ1) is 22.5. The van der Waals surface area contributed by atoms with Crippen LogP contribution in [-0.2, 0) is 16.6 Å². The van der Waals surface area contributed by atoms with Crippen molar-refractivity contribution in [3.8, 4) is 11.5 Å². The highest BCUT2D eigenvalue weighted by Crippen LogP contribution is 2.37. The van der Waals surface area contributed by atoms with E-state index in [0.29, 0.717) is 0 Å². The number of rotatable bonds is 8. The summed E-state index contributed by atoms with van der Waals surface area (Å²) in [4.78, 5) is 12.8. The van der Waals surface area contributed by atoms with E-state index >= 15 is 0 Å². The Morgan fingerprint density at radius 1 is 1.14 bits per heavy atom. The second-order valence-electron chi connectivity index (χ2n) is 6.71. The minimum absolute atomic E-state index is 0.0616. The van der Waals surface area contributed by atoms with E-state index in [4.69, 9.17) is 9.47 Å². The summed E-state index contributed by atoms with van der Waals surface area (Å²) in [5.41, 5.74) is 0.299. The minimum atomic E-state index is -3.87. The Hall–Kier alpha value is -2.81. The zero-order valence-electron chi connectivity index (χ0n) is 17.0. The third-order valence-electron chi connectivity index (χ3n) is 4.11. The van der Waals surface area contributed by atoms with Crippen molar-refractivity contribution in [2.75, 3.05) is 24.8 Å². The number of carbonyl (C=O) groups excluding carboxylic acids is 1. The normalized spacial score (nSPS) is 11.3. The zero-order chi connectivity index (χ0) is 21.8. The van der Waals surface area contributed by atoms with Crippen molar-refractivity contribution in [3.63, 3.8) is 0 Å². The highest BCUT2D eigenvalue weighted by Gasteiger charge is 2.27. The van der Waals surface area contributed by atoms with Gasteiger partial charge in [-0.15, -0.1) is 0 Å². The second kappa shape index (κ2) is 9.13. The molecule has 0 saturated heterocycles. The SMILES string of the molecule is COc1cc(C(=O)NC(C)C)c(N(Cc2ccccc2F)S(C)(=O)=O)cc1OC. The molecule has 0 aliphatic carbocycles. The van der Waals surface area contributed by atoms with Crippen molar-refractivity contribution in [2.45, 2.75) is 26.4 Å². The van der Waals surface area contributed by atoms with Gasteiger partial charge in [0.2, 0.25) is 10.0 Å². The monoisotopic (exact) mass is 424 g/mol. The lowest BCUT2D eigenvalue weighted by molar-refractivity contribution is 0.0943. The number of nitrogens with zero attached hydrogens (tertiary/aromatic N) is 1. The lowest BCUT2D eigenvalue weighted by Crippen LogP contribution is -2.35. The lowest BCUT2D eigenvalue weighted by atomic mass is 10.1. The molecule has 2 rings (SSSR count). The molecule has 0 radical (unpaired) electrons. The van der Waals surface area contributed by atoms with Crippen LogP contribution in [0.15, 0.2) is 36.4 Å². The van der Waals surface area contributed by atoms with Crippen LogP contribution in [0.5, 0.6) is 11.5 Å². The fraction of sp³-hybridized carbons (Fsp3) is 0.350. The van der Waals surface area contributed by atoms with Crippen LogP contribution in [0.1, 0.15) is 29.8 Å². The summed E-state index contributed by atoms with van der Waals surface area (Å²) in [6.07, 6.45) is 0.995. The van der Waals surface area contributed by atoms with Crippen LogP contribution in [-0.4, -0.2) is 40.8 Å². The number of anilines is 1. The number of ether oxygens (including phenoxy) is 2. The van der Waals surface area contributed by atoms with Crippen molar-refractivity contribution in [1.29, 1.82) is 0 Å². The largest absolute Gasteiger partial charge is 0.493 e. The maximum atomic E-state index is 14.2. The molecule has 0 spiro atoms. The Morgan fingerprint density at radius 3 is 2.24 bits per heavy atom. The number of sulfonamides is 1. The lowest BCUT2D eigenvalue weighted by Gasteiger charge is -2.26. The average Bonchev–Trinajstić information content (AvgIpc) is 2.64. The Labute approximate surface area is 170 Å². The highest BCUT2D eigenvalue weighted by atomic mass is 32.2. The molecule has 0 saturated carbocycles. The molecule has 0 atom stereocenters. The summed E-state index contributed by atoms with van der Waals surface area (Å²) in [7, 11) is -1.06. The molecular formula is C20H25FN2O5S. The van der Waals surface area contributed by atoms with E-state index in [0.717, 1.165) is 10.6 Å². The van der Waals surface area contributed by atoms with Crippen molar-refractivity contribution < 1.29 is 27.1 Å². The van der Waals surface area contributed by atoms with Gasteiger partial charge in [0, 0.05) is 17.7 Å². The number of hydrogen-bond donors (Lipinski definition) is 1. The van der Waals surface area contributed by atoms with Gasteiger partial charge in [0.25, 0.3) is 5.91 Å². The van der Waals surface area contributed by atoms with Crippen LogP contribution >= 0.6 is 0 Å². The predicted octanol–water partition coefficient (Wildman–Crippen LogP) is 2.95. The van der Waals surface area contributed by atoms with Gasteiger partial charge in [-0.1, -0.05) is 18.2 Å². The summed E-state index contributed by atoms with van der Waals surface area (Å²) >= 11 is 0. The number of nitrogens with one attached hydrogen (secondary N) is 1. The van der Waals surface area contributed by atoms with Crippen molar-refractivity contribution >= 4 is 21.6 Å². The molecule has 0 bridgehead atoms. The van der Waals surface area contributed by atoms with Gasteiger partial charge in [0.15, 0.2) is 11.5 Å². The fourth-order valence-electron chi connectivity index (χ4n) is 2.76. The maximum absolute atomic E-state index is 14.2. The predicted molar refractivity (Wildman–Crippen MR) is 110 cm³/mol. The number of benzene rings is 2. The summed E-state index contributed by atoms with van der Waals surface area (Å²) in [6, 6.07) is 8.49. The molecule has 158 valence electrons. The van der Waals surface area contributed by atoms with Crippen LogP contribution in [0.3, 0.4) is 0 Å². The smallest absolute Gasteiger partial charge is 0.253 e. The molecule has 0 aliphatic rings. The molecule has 0 heterocycles. The van der Waals surface area contributed by atoms with E-state index < -0.39 is 21.7 Å². The van der Waals surface area contributed by atoms with Gasteiger partial charge in [0.1, 0.15) is 5.82 Å². The van der Waals surface area contributed by atoms with Gasteiger partial charge < -0.3 is 14.8 Å². The van der Waals surface area contributed by atoms with Gasteiger partial charge in [-0.05, 0) is 26.0 Å². The molecule has 0 aliphatic heterocycles. The molecule has 1 N–H and O–H groups in total. The third-order valence-corrected chi connectivity index (χ3v) is 5.23. The van der Waals surface area contributed by atoms with E-state index in [-0.39, 0.29) is 40.9 Å². The summed E-state index contributed by atoms with van der Waals surface area (Å²) in [6.45, 7) is 3.28. The number of amides is 1. The van der Waals surface area contributed by atoms with Crippen LogP contribution < -0.4 is 19.1 Å². The fourth-order valence-corrected chi connectivity index (χ4v) is 3.64. The minimum Gasteiger partial charge on any atom is -0.493 e. The van der Waals surface area contributed by atoms with Crippen molar-refractivity contribution in [3.05, 3.63) is 53.3 Å². The molecule has 9 heteroatoms. The Bertz CT molecular complexity index is 992. The van der Waals surface area contributed by atoms with E-state index in [1.807, 2.05) is 0 Å². The highest BCUT2D eigenvalue weighted by molar-refractivity contribution is 7.92.